The van der Waals surface area contributed by atoms with Gasteiger partial charge in [0.2, 0.25) is 0 Å². The Bertz CT molecular complexity index is 1710. The second-order valence-corrected chi connectivity index (χ2v) is 21.1. The lowest BCUT2D eigenvalue weighted by Gasteiger charge is -2.44. The molecule has 31 nitrogen and oxygen atoms in total. The highest BCUT2D eigenvalue weighted by Crippen LogP contribution is 2.33. The molecule has 31 heteroatoms. The van der Waals surface area contributed by atoms with Crippen LogP contribution >= 0.6 is 0 Å². The molecule has 0 saturated carbocycles. The van der Waals surface area contributed by atoms with Gasteiger partial charge in [0.15, 0.2) is 0 Å². The summed E-state index contributed by atoms with van der Waals surface area (Å²) < 4.78 is 73.1. The van der Waals surface area contributed by atoms with Crippen molar-refractivity contribution in [3.8, 4) is 0 Å². The minimum atomic E-state index is -1.77. The van der Waals surface area contributed by atoms with E-state index in [9.17, 15) is 91.9 Å². The lowest BCUT2D eigenvalue weighted by atomic mass is 9.87. The molecule has 6 aliphatic rings. The van der Waals surface area contributed by atoms with Gasteiger partial charge < -0.3 is 153 Å². The van der Waals surface area contributed by atoms with Crippen LogP contribution in [0.4, 0.5) is 0 Å². The summed E-state index contributed by atoms with van der Waals surface area (Å²) in [5.74, 6) is -3.96. The van der Waals surface area contributed by atoms with Crippen molar-refractivity contribution < 1.29 is 153 Å². The largest absolute Gasteiger partial charge is 0.394 e. The molecule has 30 atom stereocenters. The van der Waals surface area contributed by atoms with Crippen molar-refractivity contribution in [1.29, 1.82) is 0 Å². The van der Waals surface area contributed by atoms with Crippen molar-refractivity contribution in [2.24, 2.45) is 23.7 Å². The number of aliphatic hydroxyl groups is 18. The molecule has 79 heavy (non-hydrogen) atoms. The summed E-state index contributed by atoms with van der Waals surface area (Å²) in [6.45, 7) is -6.18. The number of ether oxygens (including phenoxy) is 13. The fourth-order valence-electron chi connectivity index (χ4n) is 11.0. The van der Waals surface area contributed by atoms with Crippen LogP contribution in [-0.2, 0) is 61.6 Å². The second kappa shape index (κ2) is 31.8. The minimum absolute atomic E-state index is 0.0359. The van der Waals surface area contributed by atoms with Crippen molar-refractivity contribution in [3.05, 3.63) is 0 Å². The molecule has 6 rings (SSSR count). The van der Waals surface area contributed by atoms with Gasteiger partial charge in [-0.15, -0.1) is 0 Å². The summed E-state index contributed by atoms with van der Waals surface area (Å²) in [4.78, 5) is 0. The summed E-state index contributed by atoms with van der Waals surface area (Å²) in [7, 11) is 2.75. The van der Waals surface area contributed by atoms with Gasteiger partial charge in [0, 0.05) is 37.9 Å². The van der Waals surface area contributed by atoms with Crippen LogP contribution in [0.1, 0.15) is 0 Å². The van der Waals surface area contributed by atoms with E-state index in [1.807, 2.05) is 0 Å². The highest BCUT2D eigenvalue weighted by atomic mass is 16.6. The summed E-state index contributed by atoms with van der Waals surface area (Å²) in [6.07, 6.45) is -35.2. The Morgan fingerprint density at radius 2 is 0.380 bits per heavy atom. The summed E-state index contributed by atoms with van der Waals surface area (Å²) >= 11 is 0. The summed E-state index contributed by atoms with van der Waals surface area (Å²) in [5, 5.41) is 191. The molecule has 0 spiro atoms. The molecule has 6 fully saturated rings. The fraction of sp³-hybridized carbons (Fsp3) is 1.00. The molecule has 30 unspecified atom stereocenters. The van der Waals surface area contributed by atoms with E-state index in [0.717, 1.165) is 0 Å². The molecule has 6 aliphatic heterocycles. The maximum absolute atomic E-state index is 11.2. The lowest BCUT2D eigenvalue weighted by Crippen LogP contribution is -2.61. The molecule has 0 amide bonds. The van der Waals surface area contributed by atoms with E-state index in [0.29, 0.717) is 0 Å². The Morgan fingerprint density at radius 1 is 0.215 bits per heavy atom. The predicted octanol–water partition coefficient (Wildman–Crippen LogP) is -11.5. The number of hydrogen-bond acceptors (Lipinski definition) is 31. The molecule has 6 saturated heterocycles. The molecule has 0 bridgehead atoms. The molecule has 6 heterocycles. The molecular formula is C48H86O31. The van der Waals surface area contributed by atoms with Crippen LogP contribution in [0.25, 0.3) is 0 Å². The van der Waals surface area contributed by atoms with Gasteiger partial charge in [-0.05, 0) is 0 Å². The van der Waals surface area contributed by atoms with Crippen LogP contribution in [-0.4, -0.2) is 371 Å². The first kappa shape index (κ1) is 66.9. The van der Waals surface area contributed by atoms with Gasteiger partial charge in [-0.1, -0.05) is 0 Å². The highest BCUT2D eigenvalue weighted by Gasteiger charge is 2.51. The first-order valence-corrected chi connectivity index (χ1v) is 26.5. The molecule has 18 N–H and O–H groups in total. The standard InChI is InChI=1S/C48H86O31/c1-67-11-27-39(57)35(53)19(23(3-49)74-27)7-69-13-29-40(58)37(55)22(25(5-51)76-29)10-72-16-33-45(63)48(66)46(64)34(79-33)18-73-17-31-42(60)38(56)20(26(6-52)77-31)8-70-14-30-41(59)36(54)21(24(4-50)75-30)9-71-15-32-44(62)47(65)43(61)28(78-32)12-68-2/h19-66H,3-18H2,1-2H3. The van der Waals surface area contributed by atoms with Crippen molar-refractivity contribution in [1.82, 2.24) is 0 Å². The summed E-state index contributed by atoms with van der Waals surface area (Å²) in [5.41, 5.74) is 0. The van der Waals surface area contributed by atoms with Gasteiger partial charge in [-0.2, -0.15) is 0 Å². The SMILES string of the molecule is COCC1OC(COCC2C(CO)OC(COCC3C(CO)OC(COCC4OC(COCC5C(CO)OC(COCC6C(CO)OC(COC)C(O)C6O)C(O)C5O)C(O)C(O)C4O)C(O)C3O)C(O)C2O)C(O)C(O)C1O. The monoisotopic (exact) mass is 1160 g/mol. The second-order valence-electron chi connectivity index (χ2n) is 21.1. The van der Waals surface area contributed by atoms with Crippen LogP contribution in [0.3, 0.4) is 0 Å². The number of aliphatic hydroxyl groups excluding tert-OH is 18. The number of methoxy groups -OCH3 is 2. The van der Waals surface area contributed by atoms with Crippen molar-refractivity contribution in [2.75, 3.05) is 120 Å². The highest BCUT2D eigenvalue weighted by molar-refractivity contribution is 4.98. The predicted molar refractivity (Wildman–Crippen MR) is 256 cm³/mol. The molecule has 0 aromatic heterocycles. The molecule has 0 radical (unpaired) electrons. The van der Waals surface area contributed by atoms with Gasteiger partial charge in [0.25, 0.3) is 0 Å². The van der Waals surface area contributed by atoms with Crippen molar-refractivity contribution in [2.45, 2.75) is 159 Å². The van der Waals surface area contributed by atoms with Crippen LogP contribution in [0, 0.1) is 23.7 Å². The van der Waals surface area contributed by atoms with E-state index in [4.69, 9.17) is 61.6 Å². The maximum atomic E-state index is 11.2. The molecular weight excluding hydrogens is 1070 g/mol. The van der Waals surface area contributed by atoms with Gasteiger partial charge >= 0.3 is 0 Å². The number of hydrogen-bond donors (Lipinski definition) is 18. The van der Waals surface area contributed by atoms with Gasteiger partial charge in [-0.25, -0.2) is 0 Å². The Kier molecular flexibility index (Phi) is 26.9. The van der Waals surface area contributed by atoms with Crippen LogP contribution < -0.4 is 0 Å². The van der Waals surface area contributed by atoms with E-state index in [2.05, 4.69) is 0 Å². The topological polar surface area (TPSA) is 484 Å². The Hall–Kier alpha value is -1.24. The zero-order valence-corrected chi connectivity index (χ0v) is 44.0. The van der Waals surface area contributed by atoms with E-state index in [-0.39, 0.29) is 52.9 Å². The van der Waals surface area contributed by atoms with Gasteiger partial charge in [0.05, 0.1) is 155 Å². The number of rotatable bonds is 28. The van der Waals surface area contributed by atoms with E-state index >= 15 is 0 Å². The average molecular weight is 1160 g/mol. The molecule has 0 aromatic rings. The van der Waals surface area contributed by atoms with E-state index in [1.54, 1.807) is 0 Å². The van der Waals surface area contributed by atoms with Crippen LogP contribution in [0.15, 0.2) is 0 Å². The average Bonchev–Trinajstić information content (AvgIpc) is 3.44. The van der Waals surface area contributed by atoms with Crippen molar-refractivity contribution in [3.63, 3.8) is 0 Å². The first-order valence-electron chi connectivity index (χ1n) is 26.5. The Morgan fingerprint density at radius 3 is 0.570 bits per heavy atom. The van der Waals surface area contributed by atoms with Crippen LogP contribution in [0.5, 0.6) is 0 Å². The smallest absolute Gasteiger partial charge is 0.111 e. The van der Waals surface area contributed by atoms with Crippen molar-refractivity contribution >= 4 is 0 Å². The molecule has 464 valence electrons. The first-order chi connectivity index (χ1) is 37.8. The third kappa shape index (κ3) is 16.2. The van der Waals surface area contributed by atoms with Gasteiger partial charge in [-0.3, -0.25) is 0 Å². The zero-order valence-electron chi connectivity index (χ0n) is 44.0. The normalized spacial score (nSPS) is 47.1. The third-order valence-corrected chi connectivity index (χ3v) is 15.9. The fourth-order valence-corrected chi connectivity index (χ4v) is 11.0. The van der Waals surface area contributed by atoms with Crippen LogP contribution in [0.2, 0.25) is 0 Å². The van der Waals surface area contributed by atoms with E-state index < -0.39 is 235 Å². The summed E-state index contributed by atoms with van der Waals surface area (Å²) in [6, 6.07) is 0. The third-order valence-electron chi connectivity index (χ3n) is 15.9. The maximum Gasteiger partial charge on any atom is 0.111 e. The lowest BCUT2D eigenvalue weighted by molar-refractivity contribution is -0.259. The molecule has 0 aliphatic carbocycles. The van der Waals surface area contributed by atoms with Gasteiger partial charge in [0.1, 0.15) is 110 Å². The minimum Gasteiger partial charge on any atom is -0.394 e. The zero-order chi connectivity index (χ0) is 57.8. The Labute approximate surface area is 455 Å². The van der Waals surface area contributed by atoms with E-state index in [1.165, 1.54) is 14.2 Å². The molecule has 0 aromatic carbocycles. The Balaban J connectivity index is 0.915. The quantitative estimate of drug-likeness (QED) is 0.0346.